The highest BCUT2D eigenvalue weighted by Crippen LogP contribution is 2.33. The standard InChI is InChI=1S/C16H20N6/c1-21-10-12(8-18-21)13-9-19-22-15(17)7-14(20-16(13)22)11-5-3-2-4-6-11/h7-11H,2-6,17H2,1H3. The van der Waals surface area contributed by atoms with E-state index in [1.165, 1.54) is 32.1 Å². The molecule has 6 nitrogen and oxygen atoms in total. The zero-order valence-corrected chi connectivity index (χ0v) is 12.7. The van der Waals surface area contributed by atoms with Crippen LogP contribution >= 0.6 is 0 Å². The molecule has 114 valence electrons. The maximum atomic E-state index is 6.20. The fourth-order valence-electron chi connectivity index (χ4n) is 3.38. The van der Waals surface area contributed by atoms with Crippen molar-refractivity contribution in [2.45, 2.75) is 38.0 Å². The molecular weight excluding hydrogens is 276 g/mol. The van der Waals surface area contributed by atoms with Gasteiger partial charge in [0, 0.05) is 42.0 Å². The number of nitrogen functional groups attached to an aromatic ring is 1. The highest BCUT2D eigenvalue weighted by Gasteiger charge is 2.20. The van der Waals surface area contributed by atoms with Crippen molar-refractivity contribution in [1.82, 2.24) is 24.4 Å². The molecule has 0 aliphatic heterocycles. The first-order valence-corrected chi connectivity index (χ1v) is 7.85. The third kappa shape index (κ3) is 2.15. The van der Waals surface area contributed by atoms with Crippen molar-refractivity contribution in [3.63, 3.8) is 0 Å². The summed E-state index contributed by atoms with van der Waals surface area (Å²) in [5, 5.41) is 8.62. The summed E-state index contributed by atoms with van der Waals surface area (Å²) in [6.45, 7) is 0. The van der Waals surface area contributed by atoms with Crippen molar-refractivity contribution in [2.75, 3.05) is 5.73 Å². The SMILES string of the molecule is Cn1cc(-c2cnn3c(N)cc(C4CCCCC4)nc23)cn1. The molecule has 1 saturated carbocycles. The molecule has 0 unspecified atom stereocenters. The predicted molar refractivity (Wildman–Crippen MR) is 85.4 cm³/mol. The Morgan fingerprint density at radius 1 is 1.14 bits per heavy atom. The molecule has 1 aliphatic rings. The van der Waals surface area contributed by atoms with Crippen LogP contribution in [0, 0.1) is 0 Å². The van der Waals surface area contributed by atoms with Gasteiger partial charge in [0.15, 0.2) is 5.65 Å². The van der Waals surface area contributed by atoms with Crippen LogP contribution in [-0.2, 0) is 7.05 Å². The Morgan fingerprint density at radius 3 is 2.68 bits per heavy atom. The summed E-state index contributed by atoms with van der Waals surface area (Å²) in [5.74, 6) is 1.18. The number of aryl methyl sites for hydroxylation is 1. The lowest BCUT2D eigenvalue weighted by Crippen LogP contribution is -2.10. The highest BCUT2D eigenvalue weighted by molar-refractivity contribution is 5.77. The van der Waals surface area contributed by atoms with E-state index in [1.807, 2.05) is 31.7 Å². The van der Waals surface area contributed by atoms with Gasteiger partial charge in [-0.1, -0.05) is 19.3 Å². The summed E-state index contributed by atoms with van der Waals surface area (Å²) in [6, 6.07) is 1.99. The van der Waals surface area contributed by atoms with Gasteiger partial charge >= 0.3 is 0 Å². The van der Waals surface area contributed by atoms with E-state index in [4.69, 9.17) is 10.7 Å². The van der Waals surface area contributed by atoms with Crippen molar-refractivity contribution in [3.8, 4) is 11.1 Å². The van der Waals surface area contributed by atoms with Crippen LogP contribution < -0.4 is 5.73 Å². The Kier molecular flexibility index (Phi) is 3.10. The fourth-order valence-corrected chi connectivity index (χ4v) is 3.38. The molecule has 0 saturated heterocycles. The fraction of sp³-hybridized carbons (Fsp3) is 0.438. The van der Waals surface area contributed by atoms with Gasteiger partial charge in [-0.3, -0.25) is 4.68 Å². The largest absolute Gasteiger partial charge is 0.384 e. The van der Waals surface area contributed by atoms with Crippen molar-refractivity contribution in [3.05, 3.63) is 30.4 Å². The summed E-state index contributed by atoms with van der Waals surface area (Å²) in [4.78, 5) is 4.89. The smallest absolute Gasteiger partial charge is 0.165 e. The minimum Gasteiger partial charge on any atom is -0.384 e. The van der Waals surface area contributed by atoms with E-state index < -0.39 is 0 Å². The van der Waals surface area contributed by atoms with Crippen molar-refractivity contribution in [1.29, 1.82) is 0 Å². The van der Waals surface area contributed by atoms with Gasteiger partial charge in [0.25, 0.3) is 0 Å². The van der Waals surface area contributed by atoms with Crippen LogP contribution in [0.4, 0.5) is 5.82 Å². The third-order valence-corrected chi connectivity index (χ3v) is 4.56. The summed E-state index contributed by atoms with van der Waals surface area (Å²) in [7, 11) is 1.91. The first-order valence-electron chi connectivity index (χ1n) is 7.85. The monoisotopic (exact) mass is 296 g/mol. The van der Waals surface area contributed by atoms with E-state index in [1.54, 1.807) is 9.20 Å². The predicted octanol–water partition coefficient (Wildman–Crippen LogP) is 2.76. The Bertz CT molecular complexity index is 809. The van der Waals surface area contributed by atoms with Gasteiger partial charge in [0.05, 0.1) is 12.4 Å². The number of rotatable bonds is 2. The molecule has 0 spiro atoms. The quantitative estimate of drug-likeness (QED) is 0.789. The molecule has 0 amide bonds. The average Bonchev–Trinajstić information content (AvgIpc) is 3.14. The van der Waals surface area contributed by atoms with Gasteiger partial charge in [-0.15, -0.1) is 0 Å². The van der Waals surface area contributed by atoms with Crippen LogP contribution in [0.2, 0.25) is 0 Å². The van der Waals surface area contributed by atoms with E-state index >= 15 is 0 Å². The number of anilines is 1. The van der Waals surface area contributed by atoms with E-state index in [-0.39, 0.29) is 0 Å². The second-order valence-electron chi connectivity index (χ2n) is 6.14. The molecule has 1 aliphatic carbocycles. The Morgan fingerprint density at radius 2 is 1.95 bits per heavy atom. The lowest BCUT2D eigenvalue weighted by molar-refractivity contribution is 0.437. The van der Waals surface area contributed by atoms with Crippen molar-refractivity contribution < 1.29 is 0 Å². The van der Waals surface area contributed by atoms with E-state index in [9.17, 15) is 0 Å². The lowest BCUT2D eigenvalue weighted by Gasteiger charge is -2.21. The van der Waals surface area contributed by atoms with Crippen LogP contribution in [0.5, 0.6) is 0 Å². The van der Waals surface area contributed by atoms with Gasteiger partial charge in [-0.25, -0.2) is 4.98 Å². The Balaban J connectivity index is 1.84. The zero-order valence-electron chi connectivity index (χ0n) is 12.7. The van der Waals surface area contributed by atoms with Crippen LogP contribution in [-0.4, -0.2) is 24.4 Å². The second-order valence-corrected chi connectivity index (χ2v) is 6.14. The maximum absolute atomic E-state index is 6.20. The summed E-state index contributed by atoms with van der Waals surface area (Å²) in [6.07, 6.45) is 11.9. The van der Waals surface area contributed by atoms with Gasteiger partial charge in [-0.2, -0.15) is 14.7 Å². The topological polar surface area (TPSA) is 74.0 Å². The molecule has 0 radical (unpaired) electrons. The number of hydrogen-bond acceptors (Lipinski definition) is 4. The molecule has 3 aromatic heterocycles. The van der Waals surface area contributed by atoms with E-state index in [0.717, 1.165) is 22.5 Å². The van der Waals surface area contributed by atoms with Crippen LogP contribution in [0.3, 0.4) is 0 Å². The van der Waals surface area contributed by atoms with Gasteiger partial charge in [0.1, 0.15) is 5.82 Å². The highest BCUT2D eigenvalue weighted by atomic mass is 15.3. The second kappa shape index (κ2) is 5.12. The Hall–Kier alpha value is -2.37. The Labute approximate surface area is 129 Å². The molecule has 1 fully saturated rings. The third-order valence-electron chi connectivity index (χ3n) is 4.56. The zero-order chi connectivity index (χ0) is 15.1. The summed E-state index contributed by atoms with van der Waals surface area (Å²) < 4.78 is 3.50. The number of hydrogen-bond donors (Lipinski definition) is 1. The number of nitrogens with zero attached hydrogens (tertiary/aromatic N) is 5. The van der Waals surface area contributed by atoms with Crippen LogP contribution in [0.1, 0.15) is 43.7 Å². The van der Waals surface area contributed by atoms with Crippen LogP contribution in [0.15, 0.2) is 24.7 Å². The first kappa shape index (κ1) is 13.3. The molecule has 0 bridgehead atoms. The van der Waals surface area contributed by atoms with E-state index in [0.29, 0.717) is 11.7 Å². The van der Waals surface area contributed by atoms with Gasteiger partial charge in [0.2, 0.25) is 0 Å². The number of fused-ring (bicyclic) bond motifs is 1. The molecule has 3 aromatic rings. The van der Waals surface area contributed by atoms with Crippen LogP contribution in [0.25, 0.3) is 16.8 Å². The number of nitrogens with two attached hydrogens (primary N) is 1. The molecular formula is C16H20N6. The maximum Gasteiger partial charge on any atom is 0.165 e. The van der Waals surface area contributed by atoms with Crippen molar-refractivity contribution >= 4 is 11.5 Å². The van der Waals surface area contributed by atoms with Gasteiger partial charge < -0.3 is 5.73 Å². The van der Waals surface area contributed by atoms with Crippen molar-refractivity contribution in [2.24, 2.45) is 7.05 Å². The molecule has 3 heterocycles. The lowest BCUT2D eigenvalue weighted by atomic mass is 9.87. The van der Waals surface area contributed by atoms with E-state index in [2.05, 4.69) is 10.2 Å². The first-order chi connectivity index (χ1) is 10.7. The molecule has 22 heavy (non-hydrogen) atoms. The molecule has 0 aromatic carbocycles. The normalized spacial score (nSPS) is 16.4. The number of aromatic nitrogens is 5. The molecule has 6 heteroatoms. The minimum absolute atomic E-state index is 0.526. The molecule has 4 rings (SSSR count). The molecule has 2 N–H and O–H groups in total. The average molecular weight is 296 g/mol. The summed E-state index contributed by atoms with van der Waals surface area (Å²) >= 11 is 0. The minimum atomic E-state index is 0.526. The van der Waals surface area contributed by atoms with Gasteiger partial charge in [-0.05, 0) is 12.8 Å². The summed E-state index contributed by atoms with van der Waals surface area (Å²) in [5.41, 5.74) is 10.1. The molecule has 0 atom stereocenters.